The van der Waals surface area contributed by atoms with Crippen LogP contribution >= 0.6 is 11.3 Å². The molecule has 31 heavy (non-hydrogen) atoms. The van der Waals surface area contributed by atoms with Gasteiger partial charge in [-0.05, 0) is 44.5 Å². The van der Waals surface area contributed by atoms with Crippen LogP contribution in [0.3, 0.4) is 0 Å². The third-order valence-corrected chi connectivity index (χ3v) is 5.04. The second-order valence-electron chi connectivity index (χ2n) is 7.84. The van der Waals surface area contributed by atoms with Crippen molar-refractivity contribution < 1.29 is 24.6 Å². The molecule has 2 amide bonds. The highest BCUT2D eigenvalue weighted by Gasteiger charge is 2.38. The van der Waals surface area contributed by atoms with E-state index < -0.39 is 29.7 Å². The molecule has 1 aromatic heterocycles. The SMILES string of the molecule is CC(C)(C)ON(C(=O)O)[C@@H](c1ccccc1)[C@@H](O)C(=O)Nc1ccc2nc(N)sc2c1. The molecule has 3 aromatic rings. The highest BCUT2D eigenvalue weighted by Crippen LogP contribution is 2.30. The van der Waals surface area contributed by atoms with Gasteiger partial charge in [0.2, 0.25) is 0 Å². The van der Waals surface area contributed by atoms with E-state index in [2.05, 4.69) is 10.3 Å². The molecule has 0 saturated heterocycles. The molecule has 0 aliphatic rings. The van der Waals surface area contributed by atoms with Crippen LogP contribution in [-0.2, 0) is 9.63 Å². The second kappa shape index (κ2) is 8.88. The summed E-state index contributed by atoms with van der Waals surface area (Å²) in [5.74, 6) is -0.783. The maximum absolute atomic E-state index is 12.9. The number of carbonyl (C=O) groups excluding carboxylic acids is 1. The molecule has 0 fully saturated rings. The molecular formula is C21H24N4O5S. The van der Waals surface area contributed by atoms with Gasteiger partial charge in [0.25, 0.3) is 5.91 Å². The molecule has 5 N–H and O–H groups in total. The molecule has 0 spiro atoms. The second-order valence-corrected chi connectivity index (χ2v) is 8.90. The Morgan fingerprint density at radius 3 is 2.48 bits per heavy atom. The van der Waals surface area contributed by atoms with Gasteiger partial charge in [0.1, 0.15) is 6.04 Å². The van der Waals surface area contributed by atoms with Crippen molar-refractivity contribution in [3.8, 4) is 0 Å². The van der Waals surface area contributed by atoms with Gasteiger partial charge in [-0.2, -0.15) is 5.06 Å². The van der Waals surface area contributed by atoms with Crippen LogP contribution in [0, 0.1) is 0 Å². The Kier molecular flexibility index (Phi) is 6.44. The van der Waals surface area contributed by atoms with Gasteiger partial charge >= 0.3 is 6.09 Å². The summed E-state index contributed by atoms with van der Waals surface area (Å²) in [4.78, 5) is 34.6. The predicted molar refractivity (Wildman–Crippen MR) is 119 cm³/mol. The number of thiazole rings is 1. The average Bonchev–Trinajstić information content (AvgIpc) is 3.06. The first kappa shape index (κ1) is 22.5. The summed E-state index contributed by atoms with van der Waals surface area (Å²) in [5.41, 5.74) is 6.36. The Morgan fingerprint density at radius 2 is 1.87 bits per heavy atom. The van der Waals surface area contributed by atoms with Crippen LogP contribution in [-0.4, -0.2) is 44.0 Å². The zero-order chi connectivity index (χ0) is 22.8. The van der Waals surface area contributed by atoms with Crippen molar-refractivity contribution in [3.63, 3.8) is 0 Å². The van der Waals surface area contributed by atoms with Gasteiger partial charge in [0, 0.05) is 5.69 Å². The lowest BCUT2D eigenvalue weighted by Gasteiger charge is -2.35. The summed E-state index contributed by atoms with van der Waals surface area (Å²) in [6, 6.07) is 12.1. The zero-order valence-electron chi connectivity index (χ0n) is 17.3. The number of benzene rings is 2. The minimum atomic E-state index is -1.75. The summed E-state index contributed by atoms with van der Waals surface area (Å²) in [6.45, 7) is 5.02. The fourth-order valence-corrected chi connectivity index (χ4v) is 3.76. The minimum absolute atomic E-state index is 0.402. The monoisotopic (exact) mass is 444 g/mol. The molecule has 3 rings (SSSR count). The van der Waals surface area contributed by atoms with Gasteiger partial charge in [-0.3, -0.25) is 9.63 Å². The van der Waals surface area contributed by atoms with E-state index >= 15 is 0 Å². The number of carboxylic acid groups (broad SMARTS) is 1. The van der Waals surface area contributed by atoms with Crippen molar-refractivity contribution in [1.29, 1.82) is 0 Å². The highest BCUT2D eigenvalue weighted by molar-refractivity contribution is 7.22. The van der Waals surface area contributed by atoms with Gasteiger partial charge in [-0.15, -0.1) is 0 Å². The van der Waals surface area contributed by atoms with Gasteiger partial charge < -0.3 is 21.3 Å². The van der Waals surface area contributed by atoms with Crippen molar-refractivity contribution in [2.24, 2.45) is 0 Å². The molecule has 0 saturated carbocycles. The normalized spacial score (nSPS) is 13.5. The molecule has 0 radical (unpaired) electrons. The largest absolute Gasteiger partial charge is 0.463 e. The first-order valence-corrected chi connectivity index (χ1v) is 10.3. The molecule has 1 heterocycles. The van der Waals surface area contributed by atoms with Gasteiger partial charge in [0.15, 0.2) is 11.2 Å². The molecule has 0 bridgehead atoms. The maximum atomic E-state index is 12.9. The smallest absolute Gasteiger partial charge is 0.432 e. The number of aromatic nitrogens is 1. The van der Waals surface area contributed by atoms with E-state index in [0.717, 1.165) is 4.70 Å². The quantitative estimate of drug-likeness (QED) is 0.426. The van der Waals surface area contributed by atoms with Gasteiger partial charge in [-0.25, -0.2) is 9.78 Å². The summed E-state index contributed by atoms with van der Waals surface area (Å²) in [5, 5.41) is 24.3. The molecule has 164 valence electrons. The summed E-state index contributed by atoms with van der Waals surface area (Å²) in [7, 11) is 0. The summed E-state index contributed by atoms with van der Waals surface area (Å²) >= 11 is 1.27. The lowest BCUT2D eigenvalue weighted by atomic mass is 10.0. The Morgan fingerprint density at radius 1 is 1.19 bits per heavy atom. The molecule has 0 unspecified atom stereocenters. The number of nitrogens with zero attached hydrogens (tertiary/aromatic N) is 2. The number of amides is 2. The van der Waals surface area contributed by atoms with E-state index in [9.17, 15) is 19.8 Å². The fourth-order valence-electron chi connectivity index (χ4n) is 2.99. The maximum Gasteiger partial charge on any atom is 0.432 e. The summed E-state index contributed by atoms with van der Waals surface area (Å²) < 4.78 is 0.771. The number of aliphatic hydroxyl groups is 1. The first-order valence-electron chi connectivity index (χ1n) is 9.46. The molecular weight excluding hydrogens is 420 g/mol. The Hall–Kier alpha value is -3.21. The number of nitrogen functional groups attached to an aromatic ring is 1. The lowest BCUT2D eigenvalue weighted by Crippen LogP contribution is -2.47. The number of aliphatic hydroxyl groups excluding tert-OH is 1. The van der Waals surface area contributed by atoms with E-state index in [1.807, 2.05) is 0 Å². The summed E-state index contributed by atoms with van der Waals surface area (Å²) in [6.07, 6.45) is -3.18. The number of rotatable bonds is 6. The number of nitrogens with two attached hydrogens (primary N) is 1. The van der Waals surface area contributed by atoms with E-state index in [1.165, 1.54) is 11.3 Å². The van der Waals surface area contributed by atoms with Crippen molar-refractivity contribution >= 4 is 44.4 Å². The predicted octanol–water partition coefficient (Wildman–Crippen LogP) is 3.63. The van der Waals surface area contributed by atoms with Crippen LogP contribution in [0.4, 0.5) is 15.6 Å². The minimum Gasteiger partial charge on any atom is -0.463 e. The van der Waals surface area contributed by atoms with Gasteiger partial charge in [0.05, 0.1) is 15.8 Å². The molecule has 0 aliphatic heterocycles. The topological polar surface area (TPSA) is 138 Å². The third kappa shape index (κ3) is 5.48. The molecule has 9 nitrogen and oxygen atoms in total. The van der Waals surface area contributed by atoms with E-state index in [0.29, 0.717) is 27.0 Å². The van der Waals surface area contributed by atoms with Crippen LogP contribution in [0.2, 0.25) is 0 Å². The first-order chi connectivity index (χ1) is 14.5. The number of hydroxylamine groups is 2. The number of carbonyl (C=O) groups is 2. The van der Waals surface area contributed by atoms with Gasteiger partial charge in [-0.1, -0.05) is 41.7 Å². The van der Waals surface area contributed by atoms with Crippen molar-refractivity contribution in [2.75, 3.05) is 11.1 Å². The van der Waals surface area contributed by atoms with E-state index in [4.69, 9.17) is 10.6 Å². The van der Waals surface area contributed by atoms with Crippen LogP contribution in [0.1, 0.15) is 32.4 Å². The lowest BCUT2D eigenvalue weighted by molar-refractivity contribution is -0.236. The van der Waals surface area contributed by atoms with Crippen LogP contribution in [0.15, 0.2) is 48.5 Å². The molecule has 2 atom stereocenters. The Balaban J connectivity index is 1.91. The van der Waals surface area contributed by atoms with Crippen molar-refractivity contribution in [1.82, 2.24) is 10.0 Å². The van der Waals surface area contributed by atoms with Crippen molar-refractivity contribution in [3.05, 3.63) is 54.1 Å². The van der Waals surface area contributed by atoms with Crippen LogP contribution in [0.25, 0.3) is 10.2 Å². The molecule has 2 aromatic carbocycles. The average molecular weight is 445 g/mol. The number of hydrogen-bond acceptors (Lipinski definition) is 7. The van der Waals surface area contributed by atoms with Crippen molar-refractivity contribution in [2.45, 2.75) is 38.5 Å². The Labute approximate surface area is 183 Å². The number of fused-ring (bicyclic) bond motifs is 1. The van der Waals surface area contributed by atoms with Crippen LogP contribution < -0.4 is 11.1 Å². The third-order valence-electron chi connectivity index (χ3n) is 4.19. The zero-order valence-corrected chi connectivity index (χ0v) is 18.1. The number of hydrogen-bond donors (Lipinski definition) is 4. The number of anilines is 2. The molecule has 0 aliphatic carbocycles. The standard InChI is InChI=1S/C21H24N4O5S/c1-21(2,3)30-25(20(28)29)16(12-7-5-4-6-8-12)17(26)18(27)23-13-9-10-14-15(11-13)31-19(22)24-14/h4-11,16-17,26H,1-3H3,(H2,22,24)(H,23,27)(H,28,29)/t16-,17+/m0/s1. The van der Waals surface area contributed by atoms with Crippen LogP contribution in [0.5, 0.6) is 0 Å². The highest BCUT2D eigenvalue weighted by atomic mass is 32.1. The van der Waals surface area contributed by atoms with E-state index in [-0.39, 0.29) is 0 Å². The molecule has 10 heteroatoms. The van der Waals surface area contributed by atoms with E-state index in [1.54, 1.807) is 69.3 Å². The fraction of sp³-hybridized carbons (Fsp3) is 0.286. The Bertz CT molecular complexity index is 1080. The number of nitrogens with one attached hydrogen (secondary N) is 1.